The van der Waals surface area contributed by atoms with E-state index in [0.717, 1.165) is 11.1 Å². The van der Waals surface area contributed by atoms with Crippen molar-refractivity contribution < 1.29 is 14.6 Å². The van der Waals surface area contributed by atoms with Gasteiger partial charge in [0.1, 0.15) is 5.75 Å². The van der Waals surface area contributed by atoms with Gasteiger partial charge < -0.3 is 9.84 Å². The Kier molecular flexibility index (Phi) is 4.15. The standard InChI is InChI=1S/C16H15NO3/c1-11-9-13(20-2)3-4-14(11)15(16(18)19)10-12-5-7-17-8-6-12/h3-10H,1-2H3,(H,18,19)/b15-10-. The molecule has 0 aliphatic carbocycles. The predicted molar refractivity (Wildman–Crippen MR) is 77.5 cm³/mol. The zero-order valence-corrected chi connectivity index (χ0v) is 11.3. The minimum absolute atomic E-state index is 0.247. The number of hydrogen-bond donors (Lipinski definition) is 1. The highest BCUT2D eigenvalue weighted by atomic mass is 16.5. The molecule has 0 saturated carbocycles. The quantitative estimate of drug-likeness (QED) is 0.867. The molecule has 1 aromatic carbocycles. The summed E-state index contributed by atoms with van der Waals surface area (Å²) in [5.74, 6) is -0.255. The van der Waals surface area contributed by atoms with E-state index in [0.29, 0.717) is 11.3 Å². The maximum Gasteiger partial charge on any atom is 0.336 e. The number of nitrogens with zero attached hydrogens (tertiary/aromatic N) is 1. The van der Waals surface area contributed by atoms with Crippen LogP contribution < -0.4 is 4.74 Å². The van der Waals surface area contributed by atoms with Gasteiger partial charge in [-0.3, -0.25) is 4.98 Å². The van der Waals surface area contributed by atoms with Gasteiger partial charge in [-0.05, 0) is 54.0 Å². The highest BCUT2D eigenvalue weighted by Gasteiger charge is 2.13. The zero-order valence-electron chi connectivity index (χ0n) is 11.3. The van der Waals surface area contributed by atoms with Gasteiger partial charge in [-0.25, -0.2) is 4.79 Å². The third kappa shape index (κ3) is 3.03. The summed E-state index contributed by atoms with van der Waals surface area (Å²) in [6.07, 6.45) is 4.90. The maximum absolute atomic E-state index is 11.5. The fraction of sp³-hybridized carbons (Fsp3) is 0.125. The van der Waals surface area contributed by atoms with Gasteiger partial charge in [-0.15, -0.1) is 0 Å². The molecule has 0 unspecified atom stereocenters. The van der Waals surface area contributed by atoms with Crippen molar-refractivity contribution in [1.82, 2.24) is 4.98 Å². The van der Waals surface area contributed by atoms with E-state index in [1.165, 1.54) is 0 Å². The van der Waals surface area contributed by atoms with E-state index in [1.54, 1.807) is 49.8 Å². The summed E-state index contributed by atoms with van der Waals surface area (Å²) in [6.45, 7) is 1.86. The largest absolute Gasteiger partial charge is 0.497 e. The van der Waals surface area contributed by atoms with Crippen LogP contribution in [0.2, 0.25) is 0 Å². The molecule has 0 bridgehead atoms. The molecular weight excluding hydrogens is 254 g/mol. The van der Waals surface area contributed by atoms with Gasteiger partial charge >= 0.3 is 5.97 Å². The number of aliphatic carboxylic acids is 1. The van der Waals surface area contributed by atoms with Crippen molar-refractivity contribution in [1.29, 1.82) is 0 Å². The van der Waals surface area contributed by atoms with Crippen LogP contribution in [0.15, 0.2) is 42.7 Å². The highest BCUT2D eigenvalue weighted by Crippen LogP contribution is 2.25. The molecule has 1 N–H and O–H groups in total. The molecule has 0 aliphatic heterocycles. The second-order valence-electron chi connectivity index (χ2n) is 4.32. The van der Waals surface area contributed by atoms with E-state index in [4.69, 9.17) is 4.74 Å². The third-order valence-corrected chi connectivity index (χ3v) is 2.97. The zero-order chi connectivity index (χ0) is 14.5. The number of carbonyl (C=O) groups is 1. The molecule has 0 aliphatic rings. The third-order valence-electron chi connectivity index (χ3n) is 2.97. The predicted octanol–water partition coefficient (Wildman–Crippen LogP) is 3.02. The van der Waals surface area contributed by atoms with Gasteiger partial charge in [-0.2, -0.15) is 0 Å². The fourth-order valence-corrected chi connectivity index (χ4v) is 1.95. The molecular formula is C16H15NO3. The van der Waals surface area contributed by atoms with Gasteiger partial charge in [0.25, 0.3) is 0 Å². The Morgan fingerprint density at radius 3 is 2.50 bits per heavy atom. The summed E-state index contributed by atoms with van der Waals surface area (Å²) in [4.78, 5) is 15.4. The number of aryl methyl sites for hydroxylation is 1. The number of methoxy groups -OCH3 is 1. The molecule has 102 valence electrons. The van der Waals surface area contributed by atoms with E-state index in [1.807, 2.05) is 13.0 Å². The first-order valence-electron chi connectivity index (χ1n) is 6.12. The Balaban J connectivity index is 2.50. The van der Waals surface area contributed by atoms with Crippen LogP contribution in [0.5, 0.6) is 5.75 Å². The molecule has 0 spiro atoms. The van der Waals surface area contributed by atoms with Gasteiger partial charge in [0.05, 0.1) is 12.7 Å². The van der Waals surface area contributed by atoms with Crippen molar-refractivity contribution in [3.63, 3.8) is 0 Å². The lowest BCUT2D eigenvalue weighted by molar-refractivity contribution is -0.130. The summed E-state index contributed by atoms with van der Waals surface area (Å²) in [7, 11) is 1.58. The lowest BCUT2D eigenvalue weighted by atomic mass is 9.98. The van der Waals surface area contributed by atoms with Crippen LogP contribution >= 0.6 is 0 Å². The number of pyridine rings is 1. The van der Waals surface area contributed by atoms with Crippen molar-refractivity contribution in [2.45, 2.75) is 6.92 Å². The SMILES string of the molecule is COc1ccc(/C(=C/c2ccncc2)C(=O)O)c(C)c1. The summed E-state index contributed by atoms with van der Waals surface area (Å²) in [5.41, 5.74) is 2.58. The Bertz CT molecular complexity index is 648. The van der Waals surface area contributed by atoms with Gasteiger partial charge in [0.2, 0.25) is 0 Å². The first kappa shape index (κ1) is 13.8. The summed E-state index contributed by atoms with van der Waals surface area (Å²) < 4.78 is 5.13. The normalized spacial score (nSPS) is 11.2. The number of benzene rings is 1. The van der Waals surface area contributed by atoms with E-state index in [2.05, 4.69) is 4.98 Å². The Morgan fingerprint density at radius 1 is 1.25 bits per heavy atom. The Hall–Kier alpha value is -2.62. The number of aromatic nitrogens is 1. The smallest absolute Gasteiger partial charge is 0.336 e. The number of hydrogen-bond acceptors (Lipinski definition) is 3. The van der Waals surface area contributed by atoms with Crippen molar-refractivity contribution >= 4 is 17.6 Å². The molecule has 0 atom stereocenters. The highest BCUT2D eigenvalue weighted by molar-refractivity contribution is 6.21. The first-order valence-corrected chi connectivity index (χ1v) is 6.12. The average molecular weight is 269 g/mol. The Labute approximate surface area is 117 Å². The van der Waals surface area contributed by atoms with Crippen LogP contribution in [0.1, 0.15) is 16.7 Å². The first-order chi connectivity index (χ1) is 9.61. The lowest BCUT2D eigenvalue weighted by Crippen LogP contribution is -2.02. The Morgan fingerprint density at radius 2 is 1.95 bits per heavy atom. The van der Waals surface area contributed by atoms with E-state index >= 15 is 0 Å². The fourth-order valence-electron chi connectivity index (χ4n) is 1.95. The van der Waals surface area contributed by atoms with Crippen molar-refractivity contribution in [2.24, 2.45) is 0 Å². The molecule has 0 fully saturated rings. The molecule has 1 aromatic heterocycles. The molecule has 20 heavy (non-hydrogen) atoms. The number of rotatable bonds is 4. The summed E-state index contributed by atoms with van der Waals surface area (Å²) in [5, 5.41) is 9.42. The van der Waals surface area contributed by atoms with Gasteiger partial charge in [0, 0.05) is 12.4 Å². The van der Waals surface area contributed by atoms with Crippen molar-refractivity contribution in [3.05, 3.63) is 59.4 Å². The number of carboxylic acid groups (broad SMARTS) is 1. The lowest BCUT2D eigenvalue weighted by Gasteiger charge is -2.09. The average Bonchev–Trinajstić information content (AvgIpc) is 2.46. The molecule has 0 amide bonds. The van der Waals surface area contributed by atoms with Gasteiger partial charge in [-0.1, -0.05) is 6.07 Å². The monoisotopic (exact) mass is 269 g/mol. The minimum atomic E-state index is -0.963. The van der Waals surface area contributed by atoms with E-state index in [-0.39, 0.29) is 5.57 Å². The molecule has 2 rings (SSSR count). The second kappa shape index (κ2) is 6.02. The molecule has 1 heterocycles. The summed E-state index contributed by atoms with van der Waals surface area (Å²) in [6, 6.07) is 8.86. The topological polar surface area (TPSA) is 59.4 Å². The molecule has 4 nitrogen and oxygen atoms in total. The van der Waals surface area contributed by atoms with Crippen LogP contribution in [0.25, 0.3) is 11.6 Å². The maximum atomic E-state index is 11.5. The number of carboxylic acids is 1. The molecule has 2 aromatic rings. The van der Waals surface area contributed by atoms with E-state index < -0.39 is 5.97 Å². The molecule has 4 heteroatoms. The molecule has 0 saturated heterocycles. The minimum Gasteiger partial charge on any atom is -0.497 e. The number of ether oxygens (including phenoxy) is 1. The van der Waals surface area contributed by atoms with Crippen molar-refractivity contribution in [2.75, 3.05) is 7.11 Å². The van der Waals surface area contributed by atoms with E-state index in [9.17, 15) is 9.90 Å². The van der Waals surface area contributed by atoms with Crippen LogP contribution in [-0.4, -0.2) is 23.2 Å². The van der Waals surface area contributed by atoms with Gasteiger partial charge in [0.15, 0.2) is 0 Å². The van der Waals surface area contributed by atoms with Crippen LogP contribution in [0, 0.1) is 6.92 Å². The van der Waals surface area contributed by atoms with Crippen LogP contribution in [-0.2, 0) is 4.79 Å². The van der Waals surface area contributed by atoms with Crippen LogP contribution in [0.3, 0.4) is 0 Å². The van der Waals surface area contributed by atoms with Crippen LogP contribution in [0.4, 0.5) is 0 Å². The summed E-state index contributed by atoms with van der Waals surface area (Å²) >= 11 is 0. The second-order valence-corrected chi connectivity index (χ2v) is 4.32. The molecule has 0 radical (unpaired) electrons. The van der Waals surface area contributed by atoms with Crippen molar-refractivity contribution in [3.8, 4) is 5.75 Å².